The van der Waals surface area contributed by atoms with Crippen molar-refractivity contribution in [2.45, 2.75) is 12.6 Å². The first-order chi connectivity index (χ1) is 14.4. The van der Waals surface area contributed by atoms with Crippen molar-refractivity contribution >= 4 is 40.9 Å². The molecule has 1 aliphatic rings. The van der Waals surface area contributed by atoms with E-state index in [0.717, 1.165) is 0 Å². The van der Waals surface area contributed by atoms with Crippen LogP contribution in [-0.2, 0) is 11.2 Å². The molecule has 11 heteroatoms. The molecule has 8 nitrogen and oxygen atoms in total. The minimum atomic E-state index is -0.567. The van der Waals surface area contributed by atoms with E-state index in [2.05, 4.69) is 15.5 Å². The number of anilines is 2. The number of carbonyl (C=O) groups excluding carboxylic acids is 1. The second-order valence-electron chi connectivity index (χ2n) is 6.09. The van der Waals surface area contributed by atoms with Crippen LogP contribution in [0.4, 0.5) is 20.8 Å². The van der Waals surface area contributed by atoms with Crippen LogP contribution in [0.15, 0.2) is 42.6 Å². The van der Waals surface area contributed by atoms with Gasteiger partial charge in [0.05, 0.1) is 11.6 Å². The first-order valence-corrected chi connectivity index (χ1v) is 9.51. The molecule has 1 aromatic heterocycles. The predicted octanol–water partition coefficient (Wildman–Crippen LogP) is 4.02. The summed E-state index contributed by atoms with van der Waals surface area (Å²) in [4.78, 5) is 13.8. The number of amides is 2. The van der Waals surface area contributed by atoms with Crippen molar-refractivity contribution in [2.75, 3.05) is 24.8 Å². The minimum Gasteiger partial charge on any atom is -0.489 e. The number of halogens is 3. The van der Waals surface area contributed by atoms with Gasteiger partial charge in [-0.3, -0.25) is 10.2 Å². The SMILES string of the molecule is COC1C=CC=CN1C(=O)Nc1cc(OCCc2c(Cl)ccc(F)c2Cl)c(N)nn1. The van der Waals surface area contributed by atoms with E-state index in [1.807, 2.05) is 0 Å². The standard InChI is InChI=1S/C19H18Cl2FN5O3/c1-29-16-4-2-3-8-27(16)19(28)24-15-10-14(18(23)26-25-15)30-9-7-11-12(20)5-6-13(22)17(11)21/h2-6,8,10,16H,7,9H2,1H3,(H2,23,26)(H,24,25,28). The smallest absolute Gasteiger partial charge is 0.329 e. The van der Waals surface area contributed by atoms with Crippen LogP contribution in [0.2, 0.25) is 10.0 Å². The quantitative estimate of drug-likeness (QED) is 0.640. The third-order valence-electron chi connectivity index (χ3n) is 4.15. The molecule has 1 unspecified atom stereocenters. The van der Waals surface area contributed by atoms with Gasteiger partial charge in [-0.05, 0) is 29.8 Å². The fourth-order valence-corrected chi connectivity index (χ4v) is 3.21. The van der Waals surface area contributed by atoms with Gasteiger partial charge in [0.25, 0.3) is 0 Å². The molecular weight excluding hydrogens is 436 g/mol. The van der Waals surface area contributed by atoms with Crippen LogP contribution >= 0.6 is 23.2 Å². The minimum absolute atomic E-state index is 0.0278. The highest BCUT2D eigenvalue weighted by Gasteiger charge is 2.22. The Morgan fingerprint density at radius 2 is 2.13 bits per heavy atom. The van der Waals surface area contributed by atoms with Gasteiger partial charge in [0.1, 0.15) is 5.82 Å². The van der Waals surface area contributed by atoms with E-state index in [1.54, 1.807) is 24.4 Å². The van der Waals surface area contributed by atoms with Crippen LogP contribution in [0.3, 0.4) is 0 Å². The van der Waals surface area contributed by atoms with Gasteiger partial charge in [0.2, 0.25) is 0 Å². The third kappa shape index (κ3) is 4.99. The van der Waals surface area contributed by atoms with Crippen LogP contribution in [-0.4, -0.2) is 41.1 Å². The van der Waals surface area contributed by atoms with Crippen LogP contribution in [0, 0.1) is 5.82 Å². The third-order valence-corrected chi connectivity index (χ3v) is 4.92. The normalized spacial score (nSPS) is 15.3. The second-order valence-corrected chi connectivity index (χ2v) is 6.87. The van der Waals surface area contributed by atoms with Crippen LogP contribution in [0.25, 0.3) is 0 Å². The van der Waals surface area contributed by atoms with E-state index in [1.165, 1.54) is 30.2 Å². The maximum absolute atomic E-state index is 13.6. The molecule has 2 amide bonds. The van der Waals surface area contributed by atoms with Crippen LogP contribution in [0.5, 0.6) is 5.75 Å². The summed E-state index contributed by atoms with van der Waals surface area (Å²) in [7, 11) is 1.49. The van der Waals surface area contributed by atoms with E-state index in [0.29, 0.717) is 10.6 Å². The van der Waals surface area contributed by atoms with E-state index in [9.17, 15) is 9.18 Å². The van der Waals surface area contributed by atoms with Crippen molar-refractivity contribution in [1.29, 1.82) is 0 Å². The van der Waals surface area contributed by atoms with E-state index >= 15 is 0 Å². The lowest BCUT2D eigenvalue weighted by molar-refractivity contribution is 0.0528. The average Bonchev–Trinajstić information content (AvgIpc) is 2.75. The monoisotopic (exact) mass is 453 g/mol. The fraction of sp³-hybridized carbons (Fsp3) is 0.211. The molecule has 0 fully saturated rings. The molecule has 0 bridgehead atoms. The molecule has 1 aliphatic heterocycles. The van der Waals surface area contributed by atoms with Gasteiger partial charge in [0, 0.05) is 30.8 Å². The Balaban J connectivity index is 1.66. The molecule has 0 spiro atoms. The highest BCUT2D eigenvalue weighted by molar-refractivity contribution is 6.36. The van der Waals surface area contributed by atoms with Crippen molar-refractivity contribution in [1.82, 2.24) is 15.1 Å². The van der Waals surface area contributed by atoms with Gasteiger partial charge in [0.15, 0.2) is 23.6 Å². The van der Waals surface area contributed by atoms with Crippen molar-refractivity contribution in [2.24, 2.45) is 0 Å². The fourth-order valence-electron chi connectivity index (χ4n) is 2.65. The molecule has 2 aromatic rings. The van der Waals surface area contributed by atoms with E-state index in [4.69, 9.17) is 38.4 Å². The van der Waals surface area contributed by atoms with Crippen molar-refractivity contribution in [3.8, 4) is 5.75 Å². The Kier molecular flexibility index (Phi) is 7.09. The number of nitrogens with zero attached hydrogens (tertiary/aromatic N) is 3. The van der Waals surface area contributed by atoms with Crippen LogP contribution in [0.1, 0.15) is 5.56 Å². The molecule has 1 aromatic carbocycles. The molecular formula is C19H18Cl2FN5O3. The number of urea groups is 1. The van der Waals surface area contributed by atoms with Gasteiger partial charge < -0.3 is 15.2 Å². The Morgan fingerprint density at radius 3 is 2.90 bits per heavy atom. The number of allylic oxidation sites excluding steroid dienone is 2. The highest BCUT2D eigenvalue weighted by Crippen LogP contribution is 2.28. The molecule has 0 saturated carbocycles. The number of nitrogens with two attached hydrogens (primary N) is 1. The maximum atomic E-state index is 13.6. The number of nitrogens with one attached hydrogen (secondary N) is 1. The summed E-state index contributed by atoms with van der Waals surface area (Å²) in [5.41, 5.74) is 6.22. The molecule has 1 atom stereocenters. The van der Waals surface area contributed by atoms with Crippen LogP contribution < -0.4 is 15.8 Å². The number of carbonyl (C=O) groups is 1. The highest BCUT2D eigenvalue weighted by atomic mass is 35.5. The van der Waals surface area contributed by atoms with Gasteiger partial charge >= 0.3 is 6.03 Å². The topological polar surface area (TPSA) is 103 Å². The zero-order chi connectivity index (χ0) is 21.7. The summed E-state index contributed by atoms with van der Waals surface area (Å²) in [6.07, 6.45) is 6.43. The first kappa shape index (κ1) is 21.8. The lowest BCUT2D eigenvalue weighted by Crippen LogP contribution is -2.40. The predicted molar refractivity (Wildman–Crippen MR) is 112 cm³/mol. The summed E-state index contributed by atoms with van der Waals surface area (Å²) in [6, 6.07) is 3.56. The molecule has 2 heterocycles. The Morgan fingerprint density at radius 1 is 1.33 bits per heavy atom. The van der Waals surface area contributed by atoms with Gasteiger partial charge in [-0.2, -0.15) is 0 Å². The summed E-state index contributed by atoms with van der Waals surface area (Å²) < 4.78 is 24.5. The molecule has 158 valence electrons. The zero-order valence-corrected chi connectivity index (χ0v) is 17.3. The molecule has 0 radical (unpaired) electrons. The maximum Gasteiger partial charge on any atom is 0.329 e. The number of hydrogen-bond acceptors (Lipinski definition) is 6. The lowest BCUT2D eigenvalue weighted by Gasteiger charge is -2.26. The number of ether oxygens (including phenoxy) is 2. The molecule has 30 heavy (non-hydrogen) atoms. The lowest BCUT2D eigenvalue weighted by atomic mass is 10.1. The summed E-state index contributed by atoms with van der Waals surface area (Å²) in [6.45, 7) is 0.0948. The molecule has 0 aliphatic carbocycles. The van der Waals surface area contributed by atoms with E-state index < -0.39 is 18.1 Å². The molecule has 3 N–H and O–H groups in total. The first-order valence-electron chi connectivity index (χ1n) is 8.76. The summed E-state index contributed by atoms with van der Waals surface area (Å²) in [5.74, 6) is -0.215. The molecule has 0 saturated heterocycles. The van der Waals surface area contributed by atoms with Crippen molar-refractivity contribution in [3.63, 3.8) is 0 Å². The largest absolute Gasteiger partial charge is 0.489 e. The second kappa shape index (κ2) is 9.75. The number of rotatable bonds is 6. The average molecular weight is 454 g/mol. The van der Waals surface area contributed by atoms with Gasteiger partial charge in [-0.15, -0.1) is 10.2 Å². The Hall–Kier alpha value is -2.88. The van der Waals surface area contributed by atoms with Gasteiger partial charge in [-0.1, -0.05) is 29.3 Å². The van der Waals surface area contributed by atoms with Crippen molar-refractivity contribution in [3.05, 3.63) is 64.1 Å². The van der Waals surface area contributed by atoms with Crippen molar-refractivity contribution < 1.29 is 18.7 Å². The van der Waals surface area contributed by atoms with E-state index in [-0.39, 0.29) is 35.4 Å². The number of nitrogen functional groups attached to an aromatic ring is 1. The number of benzene rings is 1. The zero-order valence-electron chi connectivity index (χ0n) is 15.8. The molecule has 3 rings (SSSR count). The summed E-state index contributed by atoms with van der Waals surface area (Å²) >= 11 is 12.0. The van der Waals surface area contributed by atoms with Gasteiger partial charge in [-0.25, -0.2) is 9.18 Å². The number of methoxy groups -OCH3 is 1. The number of aromatic nitrogens is 2. The Bertz CT molecular complexity index is 1000. The Labute approximate surface area is 182 Å². The number of hydrogen-bond donors (Lipinski definition) is 2. The summed E-state index contributed by atoms with van der Waals surface area (Å²) in [5, 5.41) is 10.5.